The molecule has 1 aliphatic rings. The molecule has 1 aromatic heterocycles. The second-order valence-corrected chi connectivity index (χ2v) is 11.1. The molecule has 0 radical (unpaired) electrons. The van der Waals surface area contributed by atoms with Gasteiger partial charge in [0, 0.05) is 31.1 Å². The Hall–Kier alpha value is -2.92. The zero-order chi connectivity index (χ0) is 24.5. The molecule has 1 fully saturated rings. The van der Waals surface area contributed by atoms with Gasteiger partial charge in [0.05, 0.1) is 27.7 Å². The van der Waals surface area contributed by atoms with Crippen LogP contribution in [-0.4, -0.2) is 54.7 Å². The van der Waals surface area contributed by atoms with Crippen LogP contribution in [0.25, 0.3) is 11.3 Å². The van der Waals surface area contributed by atoms with Crippen molar-refractivity contribution in [2.75, 3.05) is 18.4 Å². The molecule has 0 aliphatic carbocycles. The Kier molecular flexibility index (Phi) is 6.94. The predicted molar refractivity (Wildman–Crippen MR) is 131 cm³/mol. The third kappa shape index (κ3) is 5.10. The minimum atomic E-state index is -3.70. The molecule has 0 unspecified atom stereocenters. The van der Waals surface area contributed by atoms with E-state index in [0.29, 0.717) is 15.7 Å². The van der Waals surface area contributed by atoms with Crippen LogP contribution < -0.4 is 5.32 Å². The Bertz CT molecular complexity index is 1290. The number of thiazole rings is 1. The van der Waals surface area contributed by atoms with Crippen LogP contribution in [-0.2, 0) is 14.8 Å². The quantitative estimate of drug-likeness (QED) is 0.513. The highest BCUT2D eigenvalue weighted by atomic mass is 32.2. The van der Waals surface area contributed by atoms with Crippen molar-refractivity contribution in [3.05, 3.63) is 65.0 Å². The van der Waals surface area contributed by atoms with E-state index in [2.05, 4.69) is 10.3 Å². The van der Waals surface area contributed by atoms with E-state index in [1.54, 1.807) is 0 Å². The summed E-state index contributed by atoms with van der Waals surface area (Å²) >= 11 is 1.10. The Labute approximate surface area is 202 Å². The van der Waals surface area contributed by atoms with Gasteiger partial charge in [-0.25, -0.2) is 13.4 Å². The Balaban J connectivity index is 1.52. The Morgan fingerprint density at radius 2 is 1.65 bits per heavy atom. The molecular formula is C24H25N3O5S2. The standard InChI is InChI=1S/C24H25N3O5S2/c1-15-13-27(14-16(2)32-15)34(30,31)20-11-9-19(10-12-20)23(29)26-24-25-21(22(33-24)17(3)28)18-7-5-4-6-8-18/h4-12,15-16H,13-14H2,1-3H3,(H,25,26,29)/t15-,16+. The summed E-state index contributed by atoms with van der Waals surface area (Å²) in [4.78, 5) is 29.9. The molecule has 2 atom stereocenters. The molecule has 2 aromatic carbocycles. The molecule has 0 bridgehead atoms. The lowest BCUT2D eigenvalue weighted by Crippen LogP contribution is -2.48. The molecule has 2 heterocycles. The van der Waals surface area contributed by atoms with E-state index in [9.17, 15) is 18.0 Å². The fourth-order valence-electron chi connectivity index (χ4n) is 3.83. The van der Waals surface area contributed by atoms with Gasteiger partial charge in [0.25, 0.3) is 5.91 Å². The van der Waals surface area contributed by atoms with Crippen molar-refractivity contribution in [1.29, 1.82) is 0 Å². The molecule has 1 saturated heterocycles. The highest BCUT2D eigenvalue weighted by Gasteiger charge is 2.32. The number of aromatic nitrogens is 1. The lowest BCUT2D eigenvalue weighted by atomic mass is 10.1. The van der Waals surface area contributed by atoms with Crippen LogP contribution in [0.5, 0.6) is 0 Å². The highest BCUT2D eigenvalue weighted by molar-refractivity contribution is 7.89. The highest BCUT2D eigenvalue weighted by Crippen LogP contribution is 2.32. The summed E-state index contributed by atoms with van der Waals surface area (Å²) in [6, 6.07) is 15.1. The van der Waals surface area contributed by atoms with Gasteiger partial charge in [0.2, 0.25) is 10.0 Å². The fourth-order valence-corrected chi connectivity index (χ4v) is 6.30. The van der Waals surface area contributed by atoms with Gasteiger partial charge in [-0.2, -0.15) is 4.31 Å². The lowest BCUT2D eigenvalue weighted by molar-refractivity contribution is -0.0440. The summed E-state index contributed by atoms with van der Waals surface area (Å²) in [7, 11) is -3.70. The van der Waals surface area contributed by atoms with Crippen LogP contribution in [0.15, 0.2) is 59.5 Å². The van der Waals surface area contributed by atoms with Gasteiger partial charge < -0.3 is 4.74 Å². The minimum absolute atomic E-state index is 0.116. The van der Waals surface area contributed by atoms with Gasteiger partial charge >= 0.3 is 0 Å². The molecule has 1 N–H and O–H groups in total. The summed E-state index contributed by atoms with van der Waals surface area (Å²) < 4.78 is 33.1. The molecular weight excluding hydrogens is 474 g/mol. The zero-order valence-corrected chi connectivity index (χ0v) is 20.7. The molecule has 0 saturated carbocycles. The van der Waals surface area contributed by atoms with Crippen LogP contribution in [0.3, 0.4) is 0 Å². The van der Waals surface area contributed by atoms with Crippen molar-refractivity contribution in [2.45, 2.75) is 37.9 Å². The third-order valence-corrected chi connectivity index (χ3v) is 8.27. The van der Waals surface area contributed by atoms with Crippen LogP contribution in [0.1, 0.15) is 40.8 Å². The van der Waals surface area contributed by atoms with Gasteiger partial charge in [-0.3, -0.25) is 14.9 Å². The summed E-state index contributed by atoms with van der Waals surface area (Å²) in [6.45, 7) is 5.69. The normalized spacial score (nSPS) is 19.0. The number of anilines is 1. The lowest BCUT2D eigenvalue weighted by Gasteiger charge is -2.34. The molecule has 4 rings (SSSR count). The minimum Gasteiger partial charge on any atom is -0.373 e. The monoisotopic (exact) mass is 499 g/mol. The summed E-state index contributed by atoms with van der Waals surface area (Å²) in [6.07, 6.45) is -0.384. The number of hydrogen-bond donors (Lipinski definition) is 1. The maximum absolute atomic E-state index is 13.0. The van der Waals surface area contributed by atoms with E-state index >= 15 is 0 Å². The number of Topliss-reactive ketones (excluding diaryl/α,β-unsaturated/α-hetero) is 1. The number of sulfonamides is 1. The first-order valence-corrected chi connectivity index (χ1v) is 13.0. The molecule has 8 nitrogen and oxygen atoms in total. The maximum atomic E-state index is 13.0. The molecule has 1 amide bonds. The Morgan fingerprint density at radius 3 is 2.24 bits per heavy atom. The van der Waals surface area contributed by atoms with Crippen molar-refractivity contribution in [3.63, 3.8) is 0 Å². The van der Waals surface area contributed by atoms with Crippen molar-refractivity contribution < 1.29 is 22.7 Å². The maximum Gasteiger partial charge on any atom is 0.257 e. The number of carbonyl (C=O) groups excluding carboxylic acids is 2. The number of amides is 1. The number of nitrogens with zero attached hydrogens (tertiary/aromatic N) is 2. The number of ether oxygens (including phenoxy) is 1. The van der Waals surface area contributed by atoms with Crippen molar-refractivity contribution in [2.24, 2.45) is 0 Å². The van der Waals surface area contributed by atoms with E-state index in [1.807, 2.05) is 44.2 Å². The van der Waals surface area contributed by atoms with Crippen LogP contribution in [0.4, 0.5) is 5.13 Å². The number of benzene rings is 2. The average Bonchev–Trinajstić information content (AvgIpc) is 3.23. The third-order valence-electron chi connectivity index (χ3n) is 5.35. The second-order valence-electron chi connectivity index (χ2n) is 8.18. The van der Waals surface area contributed by atoms with Gasteiger partial charge in [-0.1, -0.05) is 41.7 Å². The molecule has 178 valence electrons. The average molecular weight is 500 g/mol. The number of morpholine rings is 1. The summed E-state index contributed by atoms with van der Waals surface area (Å²) in [5.74, 6) is -0.584. The Morgan fingerprint density at radius 1 is 1.03 bits per heavy atom. The zero-order valence-electron chi connectivity index (χ0n) is 19.0. The van der Waals surface area contributed by atoms with Gasteiger partial charge in [-0.05, 0) is 38.1 Å². The number of carbonyl (C=O) groups is 2. The summed E-state index contributed by atoms with van der Waals surface area (Å²) in [5.41, 5.74) is 1.58. The van der Waals surface area contributed by atoms with E-state index in [4.69, 9.17) is 4.74 Å². The number of hydrogen-bond acceptors (Lipinski definition) is 7. The van der Waals surface area contributed by atoms with E-state index < -0.39 is 15.9 Å². The van der Waals surface area contributed by atoms with Crippen LogP contribution in [0.2, 0.25) is 0 Å². The summed E-state index contributed by atoms with van der Waals surface area (Å²) in [5, 5.41) is 3.01. The van der Waals surface area contributed by atoms with Crippen LogP contribution in [0, 0.1) is 0 Å². The second kappa shape index (κ2) is 9.75. The van der Waals surface area contributed by atoms with E-state index in [-0.39, 0.29) is 41.5 Å². The molecule has 3 aromatic rings. The number of nitrogens with one attached hydrogen (secondary N) is 1. The van der Waals surface area contributed by atoms with Gasteiger partial charge in [0.15, 0.2) is 10.9 Å². The van der Waals surface area contributed by atoms with E-state index in [1.165, 1.54) is 35.5 Å². The fraction of sp³-hybridized carbons (Fsp3) is 0.292. The van der Waals surface area contributed by atoms with Crippen molar-refractivity contribution in [3.8, 4) is 11.3 Å². The number of ketones is 1. The first-order chi connectivity index (χ1) is 16.1. The molecule has 10 heteroatoms. The first-order valence-electron chi connectivity index (χ1n) is 10.8. The SMILES string of the molecule is CC(=O)c1sc(NC(=O)c2ccc(S(=O)(=O)N3C[C@@H](C)O[C@@H](C)C3)cc2)nc1-c1ccccc1. The van der Waals surface area contributed by atoms with Crippen molar-refractivity contribution in [1.82, 2.24) is 9.29 Å². The number of rotatable bonds is 6. The molecule has 34 heavy (non-hydrogen) atoms. The van der Waals surface area contributed by atoms with Crippen molar-refractivity contribution >= 4 is 38.2 Å². The first kappa shape index (κ1) is 24.2. The largest absolute Gasteiger partial charge is 0.373 e. The molecule has 1 aliphatic heterocycles. The van der Waals surface area contributed by atoms with E-state index in [0.717, 1.165) is 16.9 Å². The predicted octanol–water partition coefficient (Wildman–Crippen LogP) is 4.06. The topological polar surface area (TPSA) is 106 Å². The smallest absolute Gasteiger partial charge is 0.257 e. The molecule has 0 spiro atoms. The van der Waals surface area contributed by atoms with Crippen LogP contribution >= 0.6 is 11.3 Å². The van der Waals surface area contributed by atoms with Gasteiger partial charge in [-0.15, -0.1) is 0 Å². The van der Waals surface area contributed by atoms with Gasteiger partial charge in [0.1, 0.15) is 0 Å².